The number of aryl methyl sites for hydroxylation is 1. The minimum Gasteiger partial charge on any atom is -0.479 e. The van der Waals surface area contributed by atoms with E-state index in [-0.39, 0.29) is 5.78 Å². The zero-order chi connectivity index (χ0) is 12.0. The second kappa shape index (κ2) is 6.66. The lowest BCUT2D eigenvalue weighted by molar-refractivity contribution is 0.102. The molecule has 0 aromatic heterocycles. The first-order chi connectivity index (χ1) is 7.63. The van der Waals surface area contributed by atoms with Crippen molar-refractivity contribution in [3.8, 4) is 0 Å². The predicted octanol–water partition coefficient (Wildman–Crippen LogP) is 3.23. The van der Waals surface area contributed by atoms with Crippen molar-refractivity contribution >= 4 is 34.1 Å². The molecule has 1 aromatic rings. The Labute approximate surface area is 105 Å². The molecule has 2 nitrogen and oxygen atoms in total. The SMILES string of the molecule is CCOC(=S)SCC(=O)c1ccc(C)cc1. The van der Waals surface area contributed by atoms with Crippen LogP contribution in [-0.4, -0.2) is 22.5 Å². The molecule has 0 unspecified atom stereocenters. The molecule has 0 bridgehead atoms. The number of hydrogen-bond acceptors (Lipinski definition) is 4. The molecule has 0 heterocycles. The van der Waals surface area contributed by atoms with Crippen LogP contribution in [0.25, 0.3) is 0 Å². The second-order valence-electron chi connectivity index (χ2n) is 3.26. The summed E-state index contributed by atoms with van der Waals surface area (Å²) >= 11 is 6.20. The molecule has 0 radical (unpaired) electrons. The first-order valence-corrected chi connectivity index (χ1v) is 6.42. The van der Waals surface area contributed by atoms with E-state index in [0.29, 0.717) is 16.7 Å². The Morgan fingerprint density at radius 2 is 2.00 bits per heavy atom. The molecule has 0 atom stereocenters. The maximum atomic E-state index is 11.7. The van der Waals surface area contributed by atoms with Crippen LogP contribution >= 0.6 is 24.0 Å². The molecular weight excluding hydrogens is 240 g/mol. The first kappa shape index (κ1) is 13.2. The Kier molecular flexibility index (Phi) is 5.49. The molecule has 0 amide bonds. The highest BCUT2D eigenvalue weighted by atomic mass is 32.2. The Morgan fingerprint density at radius 1 is 1.38 bits per heavy atom. The Hall–Kier alpha value is -0.870. The number of carbonyl (C=O) groups excluding carboxylic acids is 1. The Morgan fingerprint density at radius 3 is 2.56 bits per heavy atom. The van der Waals surface area contributed by atoms with Crippen molar-refractivity contribution < 1.29 is 9.53 Å². The van der Waals surface area contributed by atoms with E-state index < -0.39 is 0 Å². The van der Waals surface area contributed by atoms with Gasteiger partial charge in [-0.15, -0.1) is 0 Å². The van der Waals surface area contributed by atoms with Gasteiger partial charge in [-0.2, -0.15) is 0 Å². The lowest BCUT2D eigenvalue weighted by atomic mass is 10.1. The standard InChI is InChI=1S/C12H14O2S2/c1-3-14-12(15)16-8-11(13)10-6-4-9(2)5-7-10/h4-7H,3,8H2,1-2H3. The minimum atomic E-state index is 0.0760. The summed E-state index contributed by atoms with van der Waals surface area (Å²) in [6.45, 7) is 4.41. The van der Waals surface area contributed by atoms with Crippen LogP contribution in [0.1, 0.15) is 22.8 Å². The lowest BCUT2D eigenvalue weighted by Gasteiger charge is -2.04. The summed E-state index contributed by atoms with van der Waals surface area (Å²) in [5, 5.41) is 0. The summed E-state index contributed by atoms with van der Waals surface area (Å²) in [5.74, 6) is 0.411. The van der Waals surface area contributed by atoms with E-state index in [1.165, 1.54) is 11.8 Å². The Bertz CT molecular complexity index is 371. The van der Waals surface area contributed by atoms with E-state index in [4.69, 9.17) is 17.0 Å². The fourth-order valence-corrected chi connectivity index (χ4v) is 2.02. The van der Waals surface area contributed by atoms with E-state index in [1.54, 1.807) is 0 Å². The third-order valence-electron chi connectivity index (χ3n) is 1.96. The largest absolute Gasteiger partial charge is 0.479 e. The van der Waals surface area contributed by atoms with Crippen molar-refractivity contribution in [2.45, 2.75) is 13.8 Å². The number of rotatable bonds is 4. The van der Waals surface area contributed by atoms with Crippen molar-refractivity contribution in [1.82, 2.24) is 0 Å². The number of carbonyl (C=O) groups is 1. The minimum absolute atomic E-state index is 0.0760. The highest BCUT2D eigenvalue weighted by Crippen LogP contribution is 2.11. The van der Waals surface area contributed by atoms with Gasteiger partial charge in [0.25, 0.3) is 0 Å². The van der Waals surface area contributed by atoms with Gasteiger partial charge in [0.1, 0.15) is 0 Å². The zero-order valence-corrected chi connectivity index (χ0v) is 11.0. The maximum Gasteiger partial charge on any atom is 0.220 e. The number of Topliss-reactive ketones (excluding diaryl/α,β-unsaturated/α-hetero) is 1. The highest BCUT2D eigenvalue weighted by Gasteiger charge is 2.07. The predicted molar refractivity (Wildman–Crippen MR) is 72.2 cm³/mol. The van der Waals surface area contributed by atoms with Gasteiger partial charge in [0.2, 0.25) is 4.38 Å². The molecule has 1 rings (SSSR count). The number of thioether (sulfide) groups is 1. The van der Waals surface area contributed by atoms with Crippen molar-refractivity contribution in [3.63, 3.8) is 0 Å². The number of thiocarbonyl (C=S) groups is 1. The Balaban J connectivity index is 2.47. The van der Waals surface area contributed by atoms with Gasteiger partial charge in [-0.1, -0.05) is 41.6 Å². The van der Waals surface area contributed by atoms with Crippen LogP contribution in [0.4, 0.5) is 0 Å². The number of ether oxygens (including phenoxy) is 1. The van der Waals surface area contributed by atoms with Crippen LogP contribution in [0.15, 0.2) is 24.3 Å². The fourth-order valence-electron chi connectivity index (χ4n) is 1.11. The van der Waals surface area contributed by atoms with Crippen LogP contribution in [0.2, 0.25) is 0 Å². The molecule has 4 heteroatoms. The molecule has 86 valence electrons. The molecule has 1 aromatic carbocycles. The number of ketones is 1. The summed E-state index contributed by atoms with van der Waals surface area (Å²) in [6.07, 6.45) is 0. The van der Waals surface area contributed by atoms with Gasteiger partial charge >= 0.3 is 0 Å². The molecule has 0 saturated carbocycles. The van der Waals surface area contributed by atoms with Crippen molar-refractivity contribution in [1.29, 1.82) is 0 Å². The number of benzene rings is 1. The zero-order valence-electron chi connectivity index (χ0n) is 9.36. The van der Waals surface area contributed by atoms with Gasteiger partial charge < -0.3 is 4.74 Å². The van der Waals surface area contributed by atoms with E-state index in [1.807, 2.05) is 38.1 Å². The average Bonchev–Trinajstić information content (AvgIpc) is 2.27. The van der Waals surface area contributed by atoms with Gasteiger partial charge in [-0.05, 0) is 26.1 Å². The smallest absolute Gasteiger partial charge is 0.220 e. The molecule has 0 saturated heterocycles. The molecule has 16 heavy (non-hydrogen) atoms. The van der Waals surface area contributed by atoms with Crippen LogP contribution in [-0.2, 0) is 4.74 Å². The van der Waals surface area contributed by atoms with E-state index >= 15 is 0 Å². The van der Waals surface area contributed by atoms with Crippen LogP contribution < -0.4 is 0 Å². The number of hydrogen-bond donors (Lipinski definition) is 0. The van der Waals surface area contributed by atoms with E-state index in [2.05, 4.69) is 0 Å². The summed E-state index contributed by atoms with van der Waals surface area (Å²) in [5.41, 5.74) is 1.87. The summed E-state index contributed by atoms with van der Waals surface area (Å²) < 4.78 is 5.52. The summed E-state index contributed by atoms with van der Waals surface area (Å²) in [7, 11) is 0. The quantitative estimate of drug-likeness (QED) is 0.608. The maximum absolute atomic E-state index is 11.7. The van der Waals surface area contributed by atoms with Crippen LogP contribution in [0.3, 0.4) is 0 Å². The lowest BCUT2D eigenvalue weighted by Crippen LogP contribution is -2.06. The summed E-state index contributed by atoms with van der Waals surface area (Å²) in [6, 6.07) is 7.53. The van der Waals surface area contributed by atoms with Gasteiger partial charge in [0.05, 0.1) is 12.4 Å². The summed E-state index contributed by atoms with van der Waals surface area (Å²) in [4.78, 5) is 11.7. The third kappa shape index (κ3) is 4.33. The van der Waals surface area contributed by atoms with E-state index in [0.717, 1.165) is 11.1 Å². The van der Waals surface area contributed by atoms with Gasteiger partial charge in [0.15, 0.2) is 5.78 Å². The molecule has 0 spiro atoms. The molecule has 0 fully saturated rings. The molecule has 0 aliphatic rings. The average molecular weight is 254 g/mol. The molecule has 0 aliphatic heterocycles. The normalized spacial score (nSPS) is 9.88. The van der Waals surface area contributed by atoms with E-state index in [9.17, 15) is 4.79 Å². The van der Waals surface area contributed by atoms with Gasteiger partial charge in [-0.3, -0.25) is 4.79 Å². The second-order valence-corrected chi connectivity index (χ2v) is 4.84. The molecule has 0 N–H and O–H groups in total. The molecule has 0 aliphatic carbocycles. The van der Waals surface area contributed by atoms with Crippen molar-refractivity contribution in [3.05, 3.63) is 35.4 Å². The van der Waals surface area contributed by atoms with Crippen molar-refractivity contribution in [2.24, 2.45) is 0 Å². The fraction of sp³-hybridized carbons (Fsp3) is 0.333. The highest BCUT2D eigenvalue weighted by molar-refractivity contribution is 8.23. The topological polar surface area (TPSA) is 26.3 Å². The third-order valence-corrected chi connectivity index (χ3v) is 3.19. The van der Waals surface area contributed by atoms with Gasteiger partial charge in [0, 0.05) is 5.56 Å². The first-order valence-electron chi connectivity index (χ1n) is 5.03. The van der Waals surface area contributed by atoms with Crippen LogP contribution in [0, 0.1) is 6.92 Å². The van der Waals surface area contributed by atoms with Crippen LogP contribution in [0.5, 0.6) is 0 Å². The molecular formula is C12H14O2S2. The monoisotopic (exact) mass is 254 g/mol. The van der Waals surface area contributed by atoms with Gasteiger partial charge in [-0.25, -0.2) is 0 Å². The van der Waals surface area contributed by atoms with Crippen molar-refractivity contribution in [2.75, 3.05) is 12.4 Å².